The fourth-order valence-corrected chi connectivity index (χ4v) is 3.79. The van der Waals surface area contributed by atoms with E-state index in [1.807, 2.05) is 24.3 Å². The van der Waals surface area contributed by atoms with Crippen molar-refractivity contribution in [3.63, 3.8) is 0 Å². The Morgan fingerprint density at radius 2 is 1.94 bits per heavy atom. The lowest BCUT2D eigenvalue weighted by molar-refractivity contribution is -0.384. The number of benzene rings is 2. The van der Waals surface area contributed by atoms with Crippen LogP contribution in [0.15, 0.2) is 47.4 Å². The number of primary sulfonamides is 1. The summed E-state index contributed by atoms with van der Waals surface area (Å²) in [5.74, 6) is 0.935. The molecule has 2 aromatic carbocycles. The molecule has 3 rings (SSSR count). The highest BCUT2D eigenvalue weighted by atomic mass is 32.2. The van der Waals surface area contributed by atoms with Gasteiger partial charge in [0.2, 0.25) is 15.9 Å². The van der Waals surface area contributed by atoms with E-state index in [0.29, 0.717) is 5.92 Å². The zero-order chi connectivity index (χ0) is 22.6. The van der Waals surface area contributed by atoms with E-state index in [1.54, 1.807) is 7.11 Å². The molecule has 1 atom stereocenters. The molecule has 4 N–H and O–H groups in total. The second kappa shape index (κ2) is 9.31. The largest absolute Gasteiger partial charge is 0.497 e. The quantitative estimate of drug-likeness (QED) is 0.372. The highest BCUT2D eigenvalue weighted by Gasteiger charge is 2.33. The summed E-state index contributed by atoms with van der Waals surface area (Å²) in [5.41, 5.74) is 0.680. The number of nitrogens with one attached hydrogen (secondary N) is 2. The third kappa shape index (κ3) is 5.92. The van der Waals surface area contributed by atoms with Crippen molar-refractivity contribution >= 4 is 27.3 Å². The van der Waals surface area contributed by atoms with Crippen LogP contribution in [0.2, 0.25) is 0 Å². The average molecular weight is 449 g/mol. The van der Waals surface area contributed by atoms with Gasteiger partial charge in [-0.05, 0) is 48.6 Å². The lowest BCUT2D eigenvalue weighted by Gasteiger charge is -2.19. The lowest BCUT2D eigenvalue weighted by atomic mass is 10.0. The summed E-state index contributed by atoms with van der Waals surface area (Å²) >= 11 is 0. The van der Waals surface area contributed by atoms with E-state index in [1.165, 1.54) is 12.1 Å². The summed E-state index contributed by atoms with van der Waals surface area (Å²) in [5, 5.41) is 22.2. The Morgan fingerprint density at radius 3 is 2.48 bits per heavy atom. The normalized spacial score (nSPS) is 14.5. The van der Waals surface area contributed by atoms with Gasteiger partial charge in [0.05, 0.1) is 23.0 Å². The number of nitro groups is 1. The van der Waals surface area contributed by atoms with Crippen molar-refractivity contribution in [2.45, 2.75) is 30.2 Å². The first-order valence-electron chi connectivity index (χ1n) is 9.67. The molecule has 166 valence electrons. The predicted octanol–water partition coefficient (Wildman–Crippen LogP) is 2.32. The molecule has 1 aliphatic carbocycles. The third-order valence-electron chi connectivity index (χ3n) is 5.05. The van der Waals surface area contributed by atoms with E-state index in [-0.39, 0.29) is 35.5 Å². The number of nitrogens with two attached hydrogens (primary N) is 1. The van der Waals surface area contributed by atoms with Gasteiger partial charge < -0.3 is 15.4 Å². The first-order chi connectivity index (χ1) is 14.7. The van der Waals surface area contributed by atoms with E-state index in [0.717, 1.165) is 30.2 Å². The Morgan fingerprint density at radius 1 is 1.26 bits per heavy atom. The van der Waals surface area contributed by atoms with Crippen LogP contribution in [0.1, 0.15) is 30.9 Å². The molecule has 0 radical (unpaired) electrons. The van der Waals surface area contributed by atoms with Gasteiger partial charge in [0.1, 0.15) is 11.4 Å². The van der Waals surface area contributed by atoms with Crippen LogP contribution in [0.25, 0.3) is 0 Å². The third-order valence-corrected chi connectivity index (χ3v) is 5.96. The first kappa shape index (κ1) is 22.5. The summed E-state index contributed by atoms with van der Waals surface area (Å²) in [6.07, 6.45) is 2.17. The standard InChI is InChI=1S/C20H24N4O6S/c1-30-15-6-4-14(5-7-15)20(13-2-3-13)23-19(25)10-11-22-17-9-8-16(31(21,28)29)12-18(17)24(26)27/h4-9,12-13,20,22H,2-3,10-11H2,1H3,(H,23,25)(H2,21,28,29). The highest BCUT2D eigenvalue weighted by Crippen LogP contribution is 2.41. The molecule has 2 aromatic rings. The topological polar surface area (TPSA) is 154 Å². The minimum absolute atomic E-state index is 0.0907. The van der Waals surface area contributed by atoms with Crippen LogP contribution in [0.5, 0.6) is 5.75 Å². The second-order valence-electron chi connectivity index (χ2n) is 7.31. The van der Waals surface area contributed by atoms with E-state index < -0.39 is 20.6 Å². The van der Waals surface area contributed by atoms with Gasteiger partial charge in [0.25, 0.3) is 5.69 Å². The van der Waals surface area contributed by atoms with Gasteiger partial charge in [-0.25, -0.2) is 13.6 Å². The second-order valence-corrected chi connectivity index (χ2v) is 8.88. The van der Waals surface area contributed by atoms with Crippen molar-refractivity contribution in [1.29, 1.82) is 0 Å². The molecule has 1 aliphatic rings. The number of carbonyl (C=O) groups excluding carboxylic acids is 1. The van der Waals surface area contributed by atoms with Gasteiger partial charge in [0.15, 0.2) is 0 Å². The molecule has 31 heavy (non-hydrogen) atoms. The number of nitro benzene ring substituents is 1. The Bertz CT molecular complexity index is 1070. The molecule has 1 fully saturated rings. The number of hydrogen-bond donors (Lipinski definition) is 3. The Balaban J connectivity index is 1.61. The smallest absolute Gasteiger partial charge is 0.293 e. The van der Waals surface area contributed by atoms with Crippen LogP contribution in [0.4, 0.5) is 11.4 Å². The fraction of sp³-hybridized carbons (Fsp3) is 0.350. The molecule has 0 spiro atoms. The molecule has 0 bridgehead atoms. The molecule has 1 saturated carbocycles. The number of hydrogen-bond acceptors (Lipinski definition) is 7. The fourth-order valence-electron chi connectivity index (χ4n) is 3.26. The van der Waals surface area contributed by atoms with Crippen LogP contribution in [-0.2, 0) is 14.8 Å². The van der Waals surface area contributed by atoms with Crippen LogP contribution in [-0.4, -0.2) is 32.9 Å². The number of sulfonamides is 1. The van der Waals surface area contributed by atoms with Gasteiger partial charge in [-0.1, -0.05) is 12.1 Å². The summed E-state index contributed by atoms with van der Waals surface area (Å²) in [6, 6.07) is 10.8. The monoisotopic (exact) mass is 448 g/mol. The van der Waals surface area contributed by atoms with E-state index in [2.05, 4.69) is 10.6 Å². The number of rotatable bonds is 10. The van der Waals surface area contributed by atoms with Gasteiger partial charge in [0, 0.05) is 19.0 Å². The number of carbonyl (C=O) groups is 1. The number of amides is 1. The summed E-state index contributed by atoms with van der Waals surface area (Å²) in [4.78, 5) is 22.7. The molecular formula is C20H24N4O6S. The van der Waals surface area contributed by atoms with Crippen molar-refractivity contribution in [2.75, 3.05) is 19.0 Å². The van der Waals surface area contributed by atoms with Gasteiger partial charge >= 0.3 is 0 Å². The SMILES string of the molecule is COc1ccc(C(NC(=O)CCNc2ccc(S(N)(=O)=O)cc2[N+](=O)[O-])C2CC2)cc1. The first-order valence-corrected chi connectivity index (χ1v) is 11.2. The van der Waals surface area contributed by atoms with Crippen LogP contribution in [0, 0.1) is 16.0 Å². The van der Waals surface area contributed by atoms with Crippen molar-refractivity contribution < 1.29 is 22.9 Å². The van der Waals surface area contributed by atoms with E-state index >= 15 is 0 Å². The Labute approximate surface area is 180 Å². The molecule has 1 amide bonds. The van der Waals surface area contributed by atoms with Crippen molar-refractivity contribution in [3.8, 4) is 5.75 Å². The Hall–Kier alpha value is -3.18. The molecule has 1 unspecified atom stereocenters. The summed E-state index contributed by atoms with van der Waals surface area (Å²) < 4.78 is 28.0. The van der Waals surface area contributed by atoms with E-state index in [4.69, 9.17) is 9.88 Å². The van der Waals surface area contributed by atoms with Gasteiger partial charge in [-0.15, -0.1) is 0 Å². The highest BCUT2D eigenvalue weighted by molar-refractivity contribution is 7.89. The molecular weight excluding hydrogens is 424 g/mol. The van der Waals surface area contributed by atoms with Gasteiger partial charge in [-0.3, -0.25) is 14.9 Å². The van der Waals surface area contributed by atoms with Crippen LogP contribution < -0.4 is 20.5 Å². The maximum atomic E-state index is 12.5. The lowest BCUT2D eigenvalue weighted by Crippen LogP contribution is -2.31. The Kier molecular flexibility index (Phi) is 6.76. The van der Waals surface area contributed by atoms with Gasteiger partial charge in [-0.2, -0.15) is 0 Å². The van der Waals surface area contributed by atoms with Crippen molar-refractivity contribution in [2.24, 2.45) is 11.1 Å². The number of methoxy groups -OCH3 is 1. The average Bonchev–Trinajstić information content (AvgIpc) is 3.56. The van der Waals surface area contributed by atoms with E-state index in [9.17, 15) is 23.3 Å². The molecule has 0 saturated heterocycles. The maximum absolute atomic E-state index is 12.5. The van der Waals surface area contributed by atoms with Crippen molar-refractivity contribution in [1.82, 2.24) is 5.32 Å². The number of anilines is 1. The molecule has 0 heterocycles. The van der Waals surface area contributed by atoms with Crippen LogP contribution in [0.3, 0.4) is 0 Å². The molecule has 0 aromatic heterocycles. The minimum Gasteiger partial charge on any atom is -0.497 e. The zero-order valence-electron chi connectivity index (χ0n) is 16.9. The summed E-state index contributed by atoms with van der Waals surface area (Å²) in [6.45, 7) is 0.140. The minimum atomic E-state index is -4.06. The maximum Gasteiger partial charge on any atom is 0.293 e. The molecule has 0 aliphatic heterocycles. The van der Waals surface area contributed by atoms with Crippen LogP contribution >= 0.6 is 0 Å². The zero-order valence-corrected chi connectivity index (χ0v) is 17.7. The summed E-state index contributed by atoms with van der Waals surface area (Å²) in [7, 11) is -2.47. The number of nitrogens with zero attached hydrogens (tertiary/aromatic N) is 1. The molecule has 10 nitrogen and oxygen atoms in total. The predicted molar refractivity (Wildman–Crippen MR) is 114 cm³/mol. The van der Waals surface area contributed by atoms with Crippen molar-refractivity contribution in [3.05, 3.63) is 58.1 Å². The number of ether oxygens (including phenoxy) is 1. The molecule has 11 heteroatoms.